The first-order chi connectivity index (χ1) is 11.8. The molecule has 0 aliphatic heterocycles. The van der Waals surface area contributed by atoms with Gasteiger partial charge in [-0.15, -0.1) is 0 Å². The largest absolute Gasteiger partial charge is 0.393 e. The molecule has 136 valence electrons. The number of urea groups is 1. The molecule has 3 N–H and O–H groups in total. The van der Waals surface area contributed by atoms with E-state index in [4.69, 9.17) is 0 Å². The van der Waals surface area contributed by atoms with Gasteiger partial charge in [-0.3, -0.25) is 0 Å². The first-order valence-corrected chi connectivity index (χ1v) is 8.23. The number of rotatable bonds is 7. The first kappa shape index (κ1) is 18.9. The highest BCUT2D eigenvalue weighted by molar-refractivity contribution is 5.73. The highest BCUT2D eigenvalue weighted by atomic mass is 19.1. The summed E-state index contributed by atoms with van der Waals surface area (Å²) in [6, 6.07) is 4.48. The average molecular weight is 348 g/mol. The van der Waals surface area contributed by atoms with Crippen LogP contribution in [0.4, 0.5) is 9.18 Å². The van der Waals surface area contributed by atoms with Gasteiger partial charge in [-0.05, 0) is 36.5 Å². The zero-order valence-corrected chi connectivity index (χ0v) is 14.8. The number of hydrogen-bond acceptors (Lipinski definition) is 3. The second kappa shape index (κ2) is 8.11. The summed E-state index contributed by atoms with van der Waals surface area (Å²) in [6.45, 7) is 6.35. The average Bonchev–Trinajstić information content (AvgIpc) is 3.04. The lowest BCUT2D eigenvalue weighted by Gasteiger charge is -2.26. The minimum Gasteiger partial charge on any atom is -0.393 e. The molecule has 7 heteroatoms. The summed E-state index contributed by atoms with van der Waals surface area (Å²) in [5.74, 6) is -0.379. The molecule has 0 saturated heterocycles. The molecule has 0 saturated carbocycles. The summed E-state index contributed by atoms with van der Waals surface area (Å²) in [4.78, 5) is 15.8. The van der Waals surface area contributed by atoms with Gasteiger partial charge in [-0.25, -0.2) is 14.2 Å². The van der Waals surface area contributed by atoms with Gasteiger partial charge in [-0.1, -0.05) is 19.9 Å². The van der Waals surface area contributed by atoms with Gasteiger partial charge < -0.3 is 20.3 Å². The second-order valence-electron chi connectivity index (χ2n) is 7.01. The maximum absolute atomic E-state index is 14.2. The SMILES string of the molecule is CC(O)CC(C)(C)CNC(=O)NCc1ccc(-n2ccnc2)c(F)c1. The summed E-state index contributed by atoms with van der Waals surface area (Å²) in [6.07, 6.45) is 4.95. The van der Waals surface area contributed by atoms with E-state index in [1.54, 1.807) is 36.0 Å². The fourth-order valence-corrected chi connectivity index (χ4v) is 2.71. The van der Waals surface area contributed by atoms with E-state index in [-0.39, 0.29) is 23.8 Å². The molecule has 1 unspecified atom stereocenters. The third-order valence-corrected chi connectivity index (χ3v) is 3.82. The van der Waals surface area contributed by atoms with Crippen molar-refractivity contribution in [2.75, 3.05) is 6.54 Å². The minimum absolute atomic E-state index is 0.204. The van der Waals surface area contributed by atoms with Crippen molar-refractivity contribution >= 4 is 6.03 Å². The van der Waals surface area contributed by atoms with Gasteiger partial charge in [-0.2, -0.15) is 0 Å². The monoisotopic (exact) mass is 348 g/mol. The van der Waals surface area contributed by atoms with Gasteiger partial charge >= 0.3 is 6.03 Å². The van der Waals surface area contributed by atoms with E-state index >= 15 is 0 Å². The van der Waals surface area contributed by atoms with Crippen LogP contribution in [0.1, 0.15) is 32.8 Å². The van der Waals surface area contributed by atoms with Crippen molar-refractivity contribution in [2.24, 2.45) is 5.41 Å². The molecule has 6 nitrogen and oxygen atoms in total. The number of imidazole rings is 1. The lowest BCUT2D eigenvalue weighted by Crippen LogP contribution is -2.41. The van der Waals surface area contributed by atoms with Crippen molar-refractivity contribution < 1.29 is 14.3 Å². The number of benzene rings is 1. The molecule has 0 aliphatic rings. The number of carbonyl (C=O) groups is 1. The molecule has 2 aromatic rings. The molecular formula is C18H25FN4O2. The Hall–Kier alpha value is -2.41. The molecule has 0 radical (unpaired) electrons. The van der Waals surface area contributed by atoms with Crippen molar-refractivity contribution in [1.29, 1.82) is 0 Å². The number of hydrogen-bond donors (Lipinski definition) is 3. The minimum atomic E-state index is -0.420. The van der Waals surface area contributed by atoms with Crippen LogP contribution in [0.5, 0.6) is 0 Å². The smallest absolute Gasteiger partial charge is 0.315 e. The molecule has 0 bridgehead atoms. The highest BCUT2D eigenvalue weighted by Crippen LogP contribution is 2.21. The maximum atomic E-state index is 14.2. The van der Waals surface area contributed by atoms with E-state index in [0.29, 0.717) is 24.2 Å². The number of amides is 2. The molecular weight excluding hydrogens is 323 g/mol. The van der Waals surface area contributed by atoms with Crippen LogP contribution in [0, 0.1) is 11.2 Å². The first-order valence-electron chi connectivity index (χ1n) is 8.23. The van der Waals surface area contributed by atoms with Crippen LogP contribution in [-0.2, 0) is 6.54 Å². The standard InChI is InChI=1S/C18H25FN4O2/c1-13(24)9-18(2,3)11-22-17(25)21-10-14-4-5-16(15(19)8-14)23-7-6-20-12-23/h4-8,12-13,24H,9-11H2,1-3H3,(H2,21,22,25). The van der Waals surface area contributed by atoms with Crippen LogP contribution in [0.25, 0.3) is 5.69 Å². The Morgan fingerprint density at radius 1 is 1.40 bits per heavy atom. The van der Waals surface area contributed by atoms with Gasteiger partial charge in [0.25, 0.3) is 0 Å². The van der Waals surface area contributed by atoms with E-state index in [0.717, 1.165) is 0 Å². The summed E-state index contributed by atoms with van der Waals surface area (Å²) >= 11 is 0. The third-order valence-electron chi connectivity index (χ3n) is 3.82. The second-order valence-corrected chi connectivity index (χ2v) is 7.01. The fourth-order valence-electron chi connectivity index (χ4n) is 2.71. The van der Waals surface area contributed by atoms with E-state index < -0.39 is 6.10 Å². The van der Waals surface area contributed by atoms with Crippen LogP contribution >= 0.6 is 0 Å². The van der Waals surface area contributed by atoms with Gasteiger partial charge in [0.1, 0.15) is 5.82 Å². The lowest BCUT2D eigenvalue weighted by atomic mass is 9.87. The molecule has 25 heavy (non-hydrogen) atoms. The van der Waals surface area contributed by atoms with Crippen molar-refractivity contribution in [3.05, 3.63) is 48.3 Å². The van der Waals surface area contributed by atoms with Gasteiger partial charge in [0, 0.05) is 25.5 Å². The van der Waals surface area contributed by atoms with E-state index in [1.807, 2.05) is 13.8 Å². The van der Waals surface area contributed by atoms with Crippen molar-refractivity contribution in [1.82, 2.24) is 20.2 Å². The Bertz CT molecular complexity index is 699. The van der Waals surface area contributed by atoms with Crippen molar-refractivity contribution in [3.63, 3.8) is 0 Å². The topological polar surface area (TPSA) is 79.2 Å². The lowest BCUT2D eigenvalue weighted by molar-refractivity contribution is 0.129. The molecule has 0 spiro atoms. The Labute approximate surface area is 147 Å². The zero-order chi connectivity index (χ0) is 18.4. The normalized spacial score (nSPS) is 12.7. The number of aliphatic hydroxyl groups is 1. The Balaban J connectivity index is 1.85. The fraction of sp³-hybridized carbons (Fsp3) is 0.444. The Kier molecular flexibility index (Phi) is 6.14. The molecule has 0 fully saturated rings. The number of aliphatic hydroxyl groups excluding tert-OH is 1. The van der Waals surface area contributed by atoms with E-state index in [2.05, 4.69) is 15.6 Å². The van der Waals surface area contributed by atoms with Crippen molar-refractivity contribution in [3.8, 4) is 5.69 Å². The number of carbonyl (C=O) groups excluding carboxylic acids is 1. The molecule has 1 heterocycles. The molecule has 2 rings (SSSR count). The predicted molar refractivity (Wildman–Crippen MR) is 93.8 cm³/mol. The number of nitrogens with zero attached hydrogens (tertiary/aromatic N) is 2. The van der Waals surface area contributed by atoms with E-state index in [9.17, 15) is 14.3 Å². The predicted octanol–water partition coefficient (Wildman–Crippen LogP) is 2.61. The maximum Gasteiger partial charge on any atom is 0.315 e. The van der Waals surface area contributed by atoms with Crippen LogP contribution in [0.15, 0.2) is 36.9 Å². The molecule has 1 atom stereocenters. The summed E-state index contributed by atoms with van der Waals surface area (Å²) in [5.41, 5.74) is 0.870. The molecule has 0 aliphatic carbocycles. The highest BCUT2D eigenvalue weighted by Gasteiger charge is 2.21. The molecule has 1 aromatic carbocycles. The van der Waals surface area contributed by atoms with Crippen LogP contribution in [0.3, 0.4) is 0 Å². The molecule has 1 aromatic heterocycles. The van der Waals surface area contributed by atoms with Gasteiger partial charge in [0.05, 0.1) is 18.1 Å². The van der Waals surface area contributed by atoms with Gasteiger partial charge in [0.15, 0.2) is 0 Å². The zero-order valence-electron chi connectivity index (χ0n) is 14.8. The summed E-state index contributed by atoms with van der Waals surface area (Å²) < 4.78 is 15.7. The Morgan fingerprint density at radius 3 is 2.76 bits per heavy atom. The van der Waals surface area contributed by atoms with Crippen LogP contribution in [-0.4, -0.2) is 33.3 Å². The number of aromatic nitrogens is 2. The van der Waals surface area contributed by atoms with E-state index in [1.165, 1.54) is 12.4 Å². The molecule has 2 amide bonds. The number of nitrogens with one attached hydrogen (secondary N) is 2. The summed E-state index contributed by atoms with van der Waals surface area (Å²) in [5, 5.41) is 14.9. The van der Waals surface area contributed by atoms with Crippen LogP contribution < -0.4 is 10.6 Å². The number of halogens is 1. The van der Waals surface area contributed by atoms with Crippen molar-refractivity contribution in [2.45, 2.75) is 39.8 Å². The van der Waals surface area contributed by atoms with Crippen LogP contribution in [0.2, 0.25) is 0 Å². The van der Waals surface area contributed by atoms with Gasteiger partial charge in [0.2, 0.25) is 0 Å². The Morgan fingerprint density at radius 2 is 2.16 bits per heavy atom. The third kappa shape index (κ3) is 5.86. The quantitative estimate of drug-likeness (QED) is 0.720. The summed E-state index contributed by atoms with van der Waals surface area (Å²) in [7, 11) is 0.